The van der Waals surface area contributed by atoms with E-state index < -0.39 is 33.0 Å². The third-order valence-corrected chi connectivity index (χ3v) is 13.8. The van der Waals surface area contributed by atoms with Gasteiger partial charge in [0, 0.05) is 11.3 Å². The Bertz CT molecular complexity index is 1620. The molecule has 6 rings (SSSR count). The van der Waals surface area contributed by atoms with Crippen molar-refractivity contribution in [3.05, 3.63) is 70.7 Å². The molecule has 0 unspecified atom stereocenters. The van der Waals surface area contributed by atoms with Crippen LogP contribution >= 0.6 is 0 Å². The Labute approximate surface area is 273 Å². The summed E-state index contributed by atoms with van der Waals surface area (Å²) >= 11 is 0. The van der Waals surface area contributed by atoms with E-state index >= 15 is 0 Å². The van der Waals surface area contributed by atoms with Gasteiger partial charge in [-0.25, -0.2) is 9.64 Å². The average molecular weight is 626 g/mol. The third-order valence-electron chi connectivity index (χ3n) is 13.8. The summed E-state index contributed by atoms with van der Waals surface area (Å²) in [5.41, 5.74) is -2.02. The molecule has 3 fully saturated rings. The summed E-state index contributed by atoms with van der Waals surface area (Å²) in [4.78, 5) is 58.9. The topological polar surface area (TPSA) is 91.1 Å². The fourth-order valence-electron chi connectivity index (χ4n) is 11.0. The Morgan fingerprint density at radius 2 is 1.63 bits per heavy atom. The van der Waals surface area contributed by atoms with Crippen molar-refractivity contribution < 1.29 is 28.7 Å². The highest BCUT2D eigenvalue weighted by molar-refractivity contribution is 6.04. The van der Waals surface area contributed by atoms with E-state index in [2.05, 4.69) is 39.5 Å². The van der Waals surface area contributed by atoms with E-state index in [1.165, 1.54) is 7.11 Å². The van der Waals surface area contributed by atoms with Crippen LogP contribution in [0, 0.1) is 56.8 Å². The summed E-state index contributed by atoms with van der Waals surface area (Å²) < 4.78 is 11.3. The molecule has 3 saturated carbocycles. The Morgan fingerprint density at radius 1 is 0.957 bits per heavy atom. The molecule has 7 nitrogen and oxygen atoms in total. The number of rotatable bonds is 4. The summed E-state index contributed by atoms with van der Waals surface area (Å²) in [5, 5.41) is 0. The molecule has 7 heteroatoms. The summed E-state index contributed by atoms with van der Waals surface area (Å²) in [5.74, 6) is -1.70. The van der Waals surface area contributed by atoms with Crippen molar-refractivity contribution >= 4 is 23.5 Å². The maximum Gasteiger partial charge on any atom is 0.338 e. The number of ether oxygens (including phenoxy) is 2. The smallest absolute Gasteiger partial charge is 0.338 e. The SMILES string of the molecule is [C-]#[N+]C1=C[C@]2(C)C3=CC(=O)[C@@H]4[C@@H]5CC(C)(C)CC[C@]5(C(=O)OC)CC[C@@]4(C)[C@]3(C)CC[C@H]2[C@](C)(COC(=O)c2ccccc2)C1=O. The van der Waals surface area contributed by atoms with Gasteiger partial charge in [-0.15, -0.1) is 0 Å². The lowest BCUT2D eigenvalue weighted by atomic mass is 9.34. The second-order valence-electron chi connectivity index (χ2n) is 16.5. The van der Waals surface area contributed by atoms with Crippen molar-refractivity contribution in [3.63, 3.8) is 0 Å². The van der Waals surface area contributed by atoms with Crippen LogP contribution in [0.3, 0.4) is 0 Å². The van der Waals surface area contributed by atoms with Crippen molar-refractivity contribution in [2.75, 3.05) is 13.7 Å². The molecule has 0 aliphatic heterocycles. The average Bonchev–Trinajstić information content (AvgIpc) is 3.02. The highest BCUT2D eigenvalue weighted by atomic mass is 16.5. The molecule has 0 aromatic heterocycles. The summed E-state index contributed by atoms with van der Waals surface area (Å²) in [6, 6.07) is 8.70. The zero-order chi connectivity index (χ0) is 33.5. The van der Waals surface area contributed by atoms with Crippen LogP contribution in [-0.4, -0.2) is 37.2 Å². The first-order chi connectivity index (χ1) is 21.5. The third kappa shape index (κ3) is 4.27. The maximum atomic E-state index is 14.7. The number of hydrogen-bond donors (Lipinski definition) is 0. The lowest BCUT2D eigenvalue weighted by molar-refractivity contribution is -0.191. The number of esters is 2. The number of nitrogens with zero attached hydrogens (tertiary/aromatic N) is 1. The van der Waals surface area contributed by atoms with E-state index in [1.54, 1.807) is 30.3 Å². The Kier molecular flexibility index (Phi) is 7.39. The van der Waals surface area contributed by atoms with E-state index in [1.807, 2.05) is 19.1 Å². The first-order valence-corrected chi connectivity index (χ1v) is 16.8. The van der Waals surface area contributed by atoms with Crippen molar-refractivity contribution in [1.82, 2.24) is 0 Å². The number of Topliss-reactive ketones (excluding diaryl/α,β-unsaturated/α-hetero) is 1. The van der Waals surface area contributed by atoms with Crippen molar-refractivity contribution in [2.24, 2.45) is 50.2 Å². The molecule has 5 aliphatic carbocycles. The van der Waals surface area contributed by atoms with E-state index in [-0.39, 0.29) is 53.0 Å². The lowest BCUT2D eigenvalue weighted by Crippen LogP contribution is -2.66. The minimum atomic E-state index is -1.14. The van der Waals surface area contributed by atoms with Gasteiger partial charge in [-0.3, -0.25) is 9.59 Å². The predicted octanol–water partition coefficient (Wildman–Crippen LogP) is 7.57. The first kappa shape index (κ1) is 32.4. The molecule has 0 spiro atoms. The molecule has 8 atom stereocenters. The van der Waals surface area contributed by atoms with Gasteiger partial charge in [0.05, 0.1) is 30.1 Å². The van der Waals surface area contributed by atoms with Crippen LogP contribution in [0.25, 0.3) is 4.85 Å². The van der Waals surface area contributed by atoms with E-state index in [9.17, 15) is 19.2 Å². The number of carbonyl (C=O) groups is 4. The highest BCUT2D eigenvalue weighted by Gasteiger charge is 2.71. The minimum absolute atomic E-state index is 0.00521. The Hall–Kier alpha value is -3.53. The molecule has 5 aliphatic rings. The molecule has 1 aromatic rings. The minimum Gasteiger partial charge on any atom is -0.469 e. The van der Waals surface area contributed by atoms with Gasteiger partial charge in [-0.05, 0) is 91.2 Å². The summed E-state index contributed by atoms with van der Waals surface area (Å²) in [6.07, 6.45) is 8.88. The van der Waals surface area contributed by atoms with Gasteiger partial charge in [0.2, 0.25) is 5.70 Å². The molecule has 0 amide bonds. The Balaban J connectivity index is 1.44. The molecule has 0 radical (unpaired) electrons. The fourth-order valence-corrected chi connectivity index (χ4v) is 11.0. The van der Waals surface area contributed by atoms with Crippen LogP contribution in [-0.2, 0) is 23.9 Å². The monoisotopic (exact) mass is 625 g/mol. The van der Waals surface area contributed by atoms with Gasteiger partial charge >= 0.3 is 11.9 Å². The largest absolute Gasteiger partial charge is 0.469 e. The molecular weight excluding hydrogens is 578 g/mol. The standard InChI is InChI=1S/C39H47NO6/c1-34(2)16-18-39(33(44)45-8)19-17-38(6)30(25(39)21-34)27(41)20-29-35(3)22-26(40-7)31(42)36(4,28(35)14-15-37(29,38)5)23-46-32(43)24-12-10-9-11-13-24/h9-13,20,22,25,28,30H,14-19,21,23H2,1-6,8H3/t25-,28+,30-,35-,36-,37+,38+,39-/m0/s1. The van der Waals surface area contributed by atoms with Crippen molar-refractivity contribution in [3.8, 4) is 0 Å². The summed E-state index contributed by atoms with van der Waals surface area (Å²) in [6.45, 7) is 20.7. The van der Waals surface area contributed by atoms with Gasteiger partial charge in [0.25, 0.3) is 0 Å². The van der Waals surface area contributed by atoms with E-state index in [0.29, 0.717) is 24.8 Å². The zero-order valence-corrected chi connectivity index (χ0v) is 28.3. The molecule has 1 aromatic carbocycles. The normalized spacial score (nSPS) is 40.9. The Morgan fingerprint density at radius 3 is 2.28 bits per heavy atom. The van der Waals surface area contributed by atoms with E-state index in [0.717, 1.165) is 31.3 Å². The van der Waals surface area contributed by atoms with Gasteiger partial charge in [-0.2, -0.15) is 0 Å². The van der Waals surface area contributed by atoms with Crippen LogP contribution in [0.2, 0.25) is 0 Å². The lowest BCUT2D eigenvalue weighted by Gasteiger charge is -2.69. The van der Waals surface area contributed by atoms with Gasteiger partial charge in [0.15, 0.2) is 11.6 Å². The first-order valence-electron chi connectivity index (χ1n) is 16.8. The van der Waals surface area contributed by atoms with Crippen molar-refractivity contribution in [1.29, 1.82) is 0 Å². The molecular formula is C39H47NO6. The number of hydrogen-bond acceptors (Lipinski definition) is 6. The number of benzene rings is 1. The fraction of sp³-hybridized carbons (Fsp3) is 0.615. The van der Waals surface area contributed by atoms with Gasteiger partial charge in [-0.1, -0.05) is 71.4 Å². The zero-order valence-electron chi connectivity index (χ0n) is 28.3. The molecule has 0 bridgehead atoms. The number of methoxy groups -OCH3 is 1. The number of carbonyl (C=O) groups excluding carboxylic acids is 4. The van der Waals surface area contributed by atoms with Gasteiger partial charge in [0.1, 0.15) is 6.61 Å². The molecule has 0 N–H and O–H groups in total. The molecule has 46 heavy (non-hydrogen) atoms. The molecule has 0 saturated heterocycles. The number of fused-ring (bicyclic) bond motifs is 7. The number of allylic oxidation sites excluding steroid dienone is 4. The maximum absolute atomic E-state index is 14.7. The van der Waals surface area contributed by atoms with E-state index in [4.69, 9.17) is 16.0 Å². The predicted molar refractivity (Wildman–Crippen MR) is 173 cm³/mol. The second-order valence-corrected chi connectivity index (χ2v) is 16.5. The quantitative estimate of drug-likeness (QED) is 0.253. The van der Waals surface area contributed by atoms with Crippen LogP contribution in [0.1, 0.15) is 96.8 Å². The van der Waals surface area contributed by atoms with Crippen LogP contribution in [0.4, 0.5) is 0 Å². The number of ketones is 2. The second kappa shape index (κ2) is 10.5. The van der Waals surface area contributed by atoms with Crippen molar-refractivity contribution in [2.45, 2.75) is 86.5 Å². The molecule has 0 heterocycles. The van der Waals surface area contributed by atoms with Gasteiger partial charge < -0.3 is 14.3 Å². The highest BCUT2D eigenvalue weighted by Crippen LogP contribution is 2.74. The van der Waals surface area contributed by atoms with Crippen LogP contribution in [0.15, 0.2) is 53.8 Å². The van der Waals surface area contributed by atoms with Crippen LogP contribution < -0.4 is 0 Å². The molecule has 244 valence electrons. The summed E-state index contributed by atoms with van der Waals surface area (Å²) in [7, 11) is 1.46. The van der Waals surface area contributed by atoms with Crippen LogP contribution in [0.5, 0.6) is 0 Å².